The number of anilines is 1. The molecule has 26 heavy (non-hydrogen) atoms. The minimum atomic E-state index is -0.488. The van der Waals surface area contributed by atoms with E-state index in [1.165, 1.54) is 23.5 Å². The Morgan fingerprint density at radius 1 is 1.31 bits per heavy atom. The Balaban J connectivity index is 1.28. The molecule has 0 saturated carbocycles. The van der Waals surface area contributed by atoms with E-state index in [2.05, 4.69) is 17.3 Å². The van der Waals surface area contributed by atoms with Crippen molar-refractivity contribution in [2.24, 2.45) is 0 Å². The number of ether oxygens (including phenoxy) is 2. The number of amides is 1. The van der Waals surface area contributed by atoms with Crippen LogP contribution in [0.3, 0.4) is 0 Å². The van der Waals surface area contributed by atoms with Crippen LogP contribution < -0.4 is 5.32 Å². The molecular formula is C19H19FN2O3S. The third kappa shape index (κ3) is 2.71. The molecule has 3 aliphatic rings. The van der Waals surface area contributed by atoms with Crippen LogP contribution in [-0.2, 0) is 9.47 Å². The lowest BCUT2D eigenvalue weighted by molar-refractivity contribution is -0.00502. The summed E-state index contributed by atoms with van der Waals surface area (Å²) >= 11 is 1.50. The molecule has 0 unspecified atom stereocenters. The molecule has 1 aromatic carbocycles. The van der Waals surface area contributed by atoms with Gasteiger partial charge in [0.15, 0.2) is 0 Å². The molecule has 7 heteroatoms. The van der Waals surface area contributed by atoms with E-state index in [9.17, 15) is 9.18 Å². The number of benzene rings is 1. The molecule has 3 fully saturated rings. The van der Waals surface area contributed by atoms with Gasteiger partial charge in [-0.05, 0) is 36.7 Å². The Morgan fingerprint density at radius 2 is 2.08 bits per heavy atom. The molecule has 1 N–H and O–H groups in total. The third-order valence-electron chi connectivity index (χ3n) is 5.65. The fraction of sp³-hybridized carbons (Fsp3) is 0.421. The minimum absolute atomic E-state index is 0.108. The predicted octanol–water partition coefficient (Wildman–Crippen LogP) is 3.72. The summed E-state index contributed by atoms with van der Waals surface area (Å²) < 4.78 is 25.0. The predicted molar refractivity (Wildman–Crippen MR) is 96.8 cm³/mol. The van der Waals surface area contributed by atoms with Gasteiger partial charge in [-0.1, -0.05) is 6.07 Å². The smallest absolute Gasteiger partial charge is 0.411 e. The number of rotatable bonds is 3. The molecule has 0 aliphatic carbocycles. The number of fused-ring (bicyclic) bond motifs is 5. The van der Waals surface area contributed by atoms with Gasteiger partial charge in [0.1, 0.15) is 24.1 Å². The lowest BCUT2D eigenvalue weighted by atomic mass is 9.99. The molecule has 3 aliphatic heterocycles. The maximum Gasteiger partial charge on any atom is 0.411 e. The molecule has 136 valence electrons. The highest BCUT2D eigenvalue weighted by atomic mass is 32.1. The molecule has 5 nitrogen and oxygen atoms in total. The number of nitrogens with one attached hydrogen (secondary N) is 1. The number of carbonyl (C=O) groups excluding carboxylic acids is 1. The number of epoxide rings is 1. The van der Waals surface area contributed by atoms with E-state index in [1.54, 1.807) is 6.07 Å². The molecule has 4 heterocycles. The summed E-state index contributed by atoms with van der Waals surface area (Å²) in [5.41, 5.74) is 1.22. The van der Waals surface area contributed by atoms with E-state index in [0.29, 0.717) is 35.5 Å². The van der Waals surface area contributed by atoms with Crippen molar-refractivity contribution in [2.45, 2.75) is 43.2 Å². The average molecular weight is 374 g/mol. The van der Waals surface area contributed by atoms with Crippen LogP contribution in [0.1, 0.15) is 12.8 Å². The van der Waals surface area contributed by atoms with Crippen molar-refractivity contribution in [1.82, 2.24) is 4.90 Å². The van der Waals surface area contributed by atoms with E-state index in [4.69, 9.17) is 9.47 Å². The normalized spacial score (nSPS) is 32.2. The first-order valence-electron chi connectivity index (χ1n) is 8.78. The maximum atomic E-state index is 13.7. The highest BCUT2D eigenvalue weighted by molar-refractivity contribution is 7.13. The number of hydrogen-bond acceptors (Lipinski definition) is 5. The number of halogens is 1. The van der Waals surface area contributed by atoms with Gasteiger partial charge in [-0.15, -0.1) is 11.3 Å². The lowest BCUT2D eigenvalue weighted by Gasteiger charge is -2.37. The Hall–Kier alpha value is -1.96. The maximum absolute atomic E-state index is 13.7. The summed E-state index contributed by atoms with van der Waals surface area (Å²) in [7, 11) is 2.12. The second kappa shape index (κ2) is 6.04. The molecule has 0 radical (unpaired) electrons. The van der Waals surface area contributed by atoms with Crippen LogP contribution in [0, 0.1) is 5.82 Å². The standard InChI is InChI=1S/C19H19FN2O3S/c1-22-14-8-11(9-15(22)18-17(14)25-18)24-19(23)21-13-5-4-10(20)7-12(13)16-3-2-6-26-16/h2-7,11,14-15,17-18H,8-9H2,1H3,(H,21,23)/t11-,14-,15+,17-,18+. The summed E-state index contributed by atoms with van der Waals surface area (Å²) in [6.07, 6.45) is 1.61. The van der Waals surface area contributed by atoms with E-state index >= 15 is 0 Å². The zero-order chi connectivity index (χ0) is 17.8. The molecule has 1 aromatic heterocycles. The van der Waals surface area contributed by atoms with Crippen LogP contribution in [0.5, 0.6) is 0 Å². The zero-order valence-corrected chi connectivity index (χ0v) is 15.0. The second-order valence-electron chi connectivity index (χ2n) is 7.16. The summed E-state index contributed by atoms with van der Waals surface area (Å²) in [5.74, 6) is -0.335. The number of hydrogen-bond donors (Lipinski definition) is 1. The van der Waals surface area contributed by atoms with Crippen LogP contribution >= 0.6 is 11.3 Å². The van der Waals surface area contributed by atoms with Gasteiger partial charge in [-0.3, -0.25) is 10.2 Å². The van der Waals surface area contributed by atoms with Crippen molar-refractivity contribution in [3.63, 3.8) is 0 Å². The fourth-order valence-electron chi connectivity index (χ4n) is 4.35. The van der Waals surface area contributed by atoms with Crippen molar-refractivity contribution >= 4 is 23.1 Å². The van der Waals surface area contributed by atoms with Crippen LogP contribution in [0.4, 0.5) is 14.9 Å². The second-order valence-corrected chi connectivity index (χ2v) is 8.10. The van der Waals surface area contributed by atoms with Gasteiger partial charge in [0.05, 0.1) is 5.69 Å². The quantitative estimate of drug-likeness (QED) is 0.832. The summed E-state index contributed by atoms with van der Waals surface area (Å²) in [6.45, 7) is 0. The summed E-state index contributed by atoms with van der Waals surface area (Å²) in [4.78, 5) is 15.7. The van der Waals surface area contributed by atoms with E-state index in [1.807, 2.05) is 17.5 Å². The Morgan fingerprint density at radius 3 is 2.77 bits per heavy atom. The topological polar surface area (TPSA) is 54.1 Å². The Bertz CT molecular complexity index is 825. The molecule has 2 aromatic rings. The van der Waals surface area contributed by atoms with Crippen molar-refractivity contribution in [1.29, 1.82) is 0 Å². The summed E-state index contributed by atoms with van der Waals surface area (Å²) in [5, 5.41) is 4.71. The number of carbonyl (C=O) groups is 1. The lowest BCUT2D eigenvalue weighted by Crippen LogP contribution is -2.48. The van der Waals surface area contributed by atoms with Gasteiger partial charge in [0.25, 0.3) is 0 Å². The van der Waals surface area contributed by atoms with Crippen molar-refractivity contribution in [2.75, 3.05) is 12.4 Å². The third-order valence-corrected chi connectivity index (χ3v) is 6.56. The number of morpholine rings is 1. The van der Waals surface area contributed by atoms with Gasteiger partial charge in [-0.2, -0.15) is 0 Å². The molecule has 5 atom stereocenters. The van der Waals surface area contributed by atoms with E-state index in [-0.39, 0.29) is 11.9 Å². The first-order chi connectivity index (χ1) is 12.6. The van der Waals surface area contributed by atoms with Crippen molar-refractivity contribution in [3.05, 3.63) is 41.5 Å². The van der Waals surface area contributed by atoms with Gasteiger partial charge in [0, 0.05) is 35.4 Å². The Labute approximate surface area is 154 Å². The molecule has 1 amide bonds. The average Bonchev–Trinajstić information content (AvgIpc) is 3.16. The monoisotopic (exact) mass is 374 g/mol. The largest absolute Gasteiger partial charge is 0.446 e. The van der Waals surface area contributed by atoms with Gasteiger partial charge in [0.2, 0.25) is 0 Å². The molecular weight excluding hydrogens is 355 g/mol. The van der Waals surface area contributed by atoms with Crippen LogP contribution in [0.2, 0.25) is 0 Å². The molecule has 0 spiro atoms. The SMILES string of the molecule is CN1[C@@H]2C[C@@H](OC(=O)Nc3ccc(F)cc3-c3cccs3)C[C@H]1[C@@H]1O[C@@H]12. The first kappa shape index (κ1) is 16.2. The summed E-state index contributed by atoms with van der Waals surface area (Å²) in [6, 6.07) is 8.82. The highest BCUT2D eigenvalue weighted by Gasteiger charge is 2.62. The van der Waals surface area contributed by atoms with E-state index in [0.717, 1.165) is 17.7 Å². The van der Waals surface area contributed by atoms with Crippen molar-refractivity contribution in [3.8, 4) is 10.4 Å². The van der Waals surface area contributed by atoms with Crippen LogP contribution in [-0.4, -0.2) is 48.4 Å². The molecule has 5 rings (SSSR count). The van der Waals surface area contributed by atoms with Gasteiger partial charge in [-0.25, -0.2) is 9.18 Å². The number of likely N-dealkylation sites (N-methyl/N-ethyl adjacent to an activating group) is 1. The minimum Gasteiger partial charge on any atom is -0.446 e. The van der Waals surface area contributed by atoms with Crippen LogP contribution in [0.25, 0.3) is 10.4 Å². The van der Waals surface area contributed by atoms with Crippen LogP contribution in [0.15, 0.2) is 35.7 Å². The molecule has 3 saturated heterocycles. The van der Waals surface area contributed by atoms with E-state index < -0.39 is 6.09 Å². The van der Waals surface area contributed by atoms with Gasteiger partial charge >= 0.3 is 6.09 Å². The zero-order valence-electron chi connectivity index (χ0n) is 14.2. The number of nitrogens with zero attached hydrogens (tertiary/aromatic N) is 1. The van der Waals surface area contributed by atoms with Crippen molar-refractivity contribution < 1.29 is 18.7 Å². The first-order valence-corrected chi connectivity index (χ1v) is 9.66. The number of thiophene rings is 1. The van der Waals surface area contributed by atoms with Gasteiger partial charge < -0.3 is 9.47 Å². The fourth-order valence-corrected chi connectivity index (χ4v) is 5.11. The Kier molecular flexibility index (Phi) is 3.77. The highest BCUT2D eigenvalue weighted by Crippen LogP contribution is 2.48. The number of piperidine rings is 1. The molecule has 2 bridgehead atoms.